The number of rotatable bonds is 5. The van der Waals surface area contributed by atoms with Gasteiger partial charge in [-0.15, -0.1) is 0 Å². The first kappa shape index (κ1) is 15.5. The molecule has 4 heteroatoms. The van der Waals surface area contributed by atoms with Crippen LogP contribution in [-0.2, 0) is 4.74 Å². The predicted molar refractivity (Wildman–Crippen MR) is 81.4 cm³/mol. The molecular formula is C16H22ClNO2. The molecule has 110 valence electrons. The zero-order valence-electron chi connectivity index (χ0n) is 12.1. The van der Waals surface area contributed by atoms with Gasteiger partial charge in [-0.3, -0.25) is 9.69 Å². The van der Waals surface area contributed by atoms with Crippen LogP contribution in [0, 0.1) is 5.92 Å². The molecule has 0 N–H and O–H groups in total. The first-order chi connectivity index (χ1) is 9.61. The minimum atomic E-state index is -0.0861. The fourth-order valence-corrected chi connectivity index (χ4v) is 2.98. The monoisotopic (exact) mass is 295 g/mol. The average molecular weight is 296 g/mol. The lowest BCUT2D eigenvalue weighted by Crippen LogP contribution is -2.44. The smallest absolute Gasteiger partial charge is 0.179 e. The van der Waals surface area contributed by atoms with Crippen molar-refractivity contribution >= 4 is 17.4 Å². The standard InChI is InChI=1S/C16H22ClNO2/c1-12(16(19)14-4-3-5-15(17)10-14)18-8-6-13(7-9-18)11-20-2/h3-5,10,12-13H,6-9,11H2,1-2H3. The molecule has 1 saturated heterocycles. The lowest BCUT2D eigenvalue weighted by Gasteiger charge is -2.35. The van der Waals surface area contributed by atoms with Crippen LogP contribution in [-0.4, -0.2) is 43.5 Å². The van der Waals surface area contributed by atoms with Crippen LogP contribution in [0.5, 0.6) is 0 Å². The number of benzene rings is 1. The van der Waals surface area contributed by atoms with Gasteiger partial charge in [0.1, 0.15) is 0 Å². The molecule has 3 nitrogen and oxygen atoms in total. The van der Waals surface area contributed by atoms with Gasteiger partial charge in [-0.05, 0) is 50.9 Å². The molecule has 1 atom stereocenters. The highest BCUT2D eigenvalue weighted by atomic mass is 35.5. The van der Waals surface area contributed by atoms with Gasteiger partial charge in [0.05, 0.1) is 6.04 Å². The molecular weight excluding hydrogens is 274 g/mol. The van der Waals surface area contributed by atoms with E-state index in [1.807, 2.05) is 19.1 Å². The maximum absolute atomic E-state index is 12.5. The number of hydrogen-bond acceptors (Lipinski definition) is 3. The van der Waals surface area contributed by atoms with E-state index in [4.69, 9.17) is 16.3 Å². The van der Waals surface area contributed by atoms with Gasteiger partial charge < -0.3 is 4.74 Å². The number of ketones is 1. The average Bonchev–Trinajstić information content (AvgIpc) is 2.47. The second-order valence-electron chi connectivity index (χ2n) is 5.49. The van der Waals surface area contributed by atoms with E-state index in [-0.39, 0.29) is 11.8 Å². The summed E-state index contributed by atoms with van der Waals surface area (Å²) in [5, 5.41) is 0.613. The number of hydrogen-bond donors (Lipinski definition) is 0. The van der Waals surface area contributed by atoms with Gasteiger partial charge in [0, 0.05) is 24.3 Å². The predicted octanol–water partition coefficient (Wildman–Crippen LogP) is 3.27. The number of methoxy groups -OCH3 is 1. The van der Waals surface area contributed by atoms with Gasteiger partial charge >= 0.3 is 0 Å². The maximum atomic E-state index is 12.5. The van der Waals surface area contributed by atoms with Gasteiger partial charge in [-0.1, -0.05) is 23.7 Å². The Labute approximate surface area is 125 Å². The summed E-state index contributed by atoms with van der Waals surface area (Å²) in [4.78, 5) is 14.7. The minimum absolute atomic E-state index is 0.0861. The molecule has 0 saturated carbocycles. The highest BCUT2D eigenvalue weighted by Crippen LogP contribution is 2.21. The van der Waals surface area contributed by atoms with Crippen LogP contribution in [0.2, 0.25) is 5.02 Å². The quantitative estimate of drug-likeness (QED) is 0.781. The maximum Gasteiger partial charge on any atom is 0.179 e. The first-order valence-corrected chi connectivity index (χ1v) is 7.52. The Bertz CT molecular complexity index is 456. The third kappa shape index (κ3) is 3.81. The number of carbonyl (C=O) groups excluding carboxylic acids is 1. The van der Waals surface area contributed by atoms with Gasteiger partial charge in [0.25, 0.3) is 0 Å². The van der Waals surface area contributed by atoms with Crippen LogP contribution in [0.25, 0.3) is 0 Å². The molecule has 1 aromatic rings. The molecule has 1 heterocycles. The number of piperidine rings is 1. The van der Waals surface area contributed by atoms with Gasteiger partial charge in [0.2, 0.25) is 0 Å². The Kier molecular flexibility index (Phi) is 5.58. The normalized spacial score (nSPS) is 18.9. The van der Waals surface area contributed by atoms with Crippen molar-refractivity contribution in [3.63, 3.8) is 0 Å². The van der Waals surface area contributed by atoms with Crippen LogP contribution >= 0.6 is 11.6 Å². The van der Waals surface area contributed by atoms with Gasteiger partial charge in [-0.2, -0.15) is 0 Å². The molecule has 0 aliphatic carbocycles. The molecule has 0 radical (unpaired) electrons. The van der Waals surface area contributed by atoms with Crippen LogP contribution in [0.1, 0.15) is 30.1 Å². The molecule has 0 aromatic heterocycles. The van der Waals surface area contributed by atoms with Crippen LogP contribution in [0.4, 0.5) is 0 Å². The topological polar surface area (TPSA) is 29.5 Å². The van der Waals surface area contributed by atoms with Crippen LogP contribution in [0.3, 0.4) is 0 Å². The first-order valence-electron chi connectivity index (χ1n) is 7.14. The van der Waals surface area contributed by atoms with E-state index in [2.05, 4.69) is 4.90 Å². The Hall–Kier alpha value is -0.900. The highest BCUT2D eigenvalue weighted by molar-refractivity contribution is 6.31. The summed E-state index contributed by atoms with van der Waals surface area (Å²) < 4.78 is 5.21. The van der Waals surface area contributed by atoms with Crippen molar-refractivity contribution in [1.29, 1.82) is 0 Å². The molecule has 1 fully saturated rings. The molecule has 20 heavy (non-hydrogen) atoms. The molecule has 1 aliphatic rings. The molecule has 1 aromatic carbocycles. The summed E-state index contributed by atoms with van der Waals surface area (Å²) in [5.74, 6) is 0.780. The Morgan fingerprint density at radius 1 is 1.45 bits per heavy atom. The number of nitrogens with zero attached hydrogens (tertiary/aromatic N) is 1. The van der Waals surface area contributed by atoms with E-state index in [1.165, 1.54) is 0 Å². The summed E-state index contributed by atoms with van der Waals surface area (Å²) in [5.41, 5.74) is 0.698. The van der Waals surface area contributed by atoms with Gasteiger partial charge in [-0.25, -0.2) is 0 Å². The van der Waals surface area contributed by atoms with Crippen molar-refractivity contribution in [2.24, 2.45) is 5.92 Å². The molecule has 2 rings (SSSR count). The summed E-state index contributed by atoms with van der Waals surface area (Å²) >= 11 is 5.95. The van der Waals surface area contributed by atoms with Crippen molar-refractivity contribution in [3.8, 4) is 0 Å². The SMILES string of the molecule is COCC1CCN(C(C)C(=O)c2cccc(Cl)c2)CC1. The Morgan fingerprint density at radius 2 is 2.15 bits per heavy atom. The fourth-order valence-electron chi connectivity index (χ4n) is 2.79. The van der Waals surface area contributed by atoms with E-state index < -0.39 is 0 Å². The fraction of sp³-hybridized carbons (Fsp3) is 0.562. The summed E-state index contributed by atoms with van der Waals surface area (Å²) in [7, 11) is 1.75. The van der Waals surface area contributed by atoms with E-state index in [0.29, 0.717) is 16.5 Å². The van der Waals surface area contributed by atoms with E-state index in [0.717, 1.165) is 32.5 Å². The third-order valence-electron chi connectivity index (χ3n) is 4.09. The largest absolute Gasteiger partial charge is 0.384 e. The number of halogens is 1. The number of ether oxygens (including phenoxy) is 1. The molecule has 0 amide bonds. The summed E-state index contributed by atoms with van der Waals surface area (Å²) in [6, 6.07) is 7.12. The molecule has 0 bridgehead atoms. The van der Waals surface area contributed by atoms with Crippen LogP contribution < -0.4 is 0 Å². The van der Waals surface area contributed by atoms with Crippen molar-refractivity contribution in [2.45, 2.75) is 25.8 Å². The second kappa shape index (κ2) is 7.21. The zero-order chi connectivity index (χ0) is 14.5. The summed E-state index contributed by atoms with van der Waals surface area (Å²) in [6.07, 6.45) is 2.20. The Morgan fingerprint density at radius 3 is 2.75 bits per heavy atom. The number of Topliss-reactive ketones (excluding diaryl/α,β-unsaturated/α-hetero) is 1. The van der Waals surface area contributed by atoms with E-state index in [1.54, 1.807) is 19.2 Å². The van der Waals surface area contributed by atoms with Crippen molar-refractivity contribution in [2.75, 3.05) is 26.8 Å². The van der Waals surface area contributed by atoms with Gasteiger partial charge in [0.15, 0.2) is 5.78 Å². The number of carbonyl (C=O) groups is 1. The lowest BCUT2D eigenvalue weighted by atomic mass is 9.95. The summed E-state index contributed by atoms with van der Waals surface area (Å²) in [6.45, 7) is 4.73. The molecule has 1 aliphatic heterocycles. The third-order valence-corrected chi connectivity index (χ3v) is 4.32. The number of likely N-dealkylation sites (tertiary alicyclic amines) is 1. The zero-order valence-corrected chi connectivity index (χ0v) is 12.9. The minimum Gasteiger partial charge on any atom is -0.384 e. The second-order valence-corrected chi connectivity index (χ2v) is 5.92. The lowest BCUT2D eigenvalue weighted by molar-refractivity contribution is 0.0661. The van der Waals surface area contributed by atoms with Crippen molar-refractivity contribution < 1.29 is 9.53 Å². The van der Waals surface area contributed by atoms with E-state index in [9.17, 15) is 4.79 Å². The highest BCUT2D eigenvalue weighted by Gasteiger charge is 2.27. The van der Waals surface area contributed by atoms with Crippen LogP contribution in [0.15, 0.2) is 24.3 Å². The molecule has 1 unspecified atom stereocenters. The van der Waals surface area contributed by atoms with E-state index >= 15 is 0 Å². The Balaban J connectivity index is 1.95. The van der Waals surface area contributed by atoms with Crippen molar-refractivity contribution in [1.82, 2.24) is 4.90 Å². The van der Waals surface area contributed by atoms with Crippen molar-refractivity contribution in [3.05, 3.63) is 34.9 Å². The molecule has 0 spiro atoms.